The Morgan fingerprint density at radius 2 is 1.76 bits per heavy atom. The lowest BCUT2D eigenvalue weighted by Crippen LogP contribution is -2.18. The van der Waals surface area contributed by atoms with E-state index in [2.05, 4.69) is 0 Å². The Hall–Kier alpha value is -1.26. The van der Waals surface area contributed by atoms with Gasteiger partial charge in [-0.1, -0.05) is 20.8 Å². The lowest BCUT2D eigenvalue weighted by Gasteiger charge is -2.23. The molecule has 1 rings (SSSR count). The van der Waals surface area contributed by atoms with Crippen molar-refractivity contribution in [2.75, 3.05) is 6.61 Å². The van der Waals surface area contributed by atoms with E-state index in [0.717, 1.165) is 12.1 Å². The van der Waals surface area contributed by atoms with Crippen LogP contribution in [0.25, 0.3) is 0 Å². The van der Waals surface area contributed by atoms with Gasteiger partial charge >= 0.3 is 0 Å². The van der Waals surface area contributed by atoms with Gasteiger partial charge in [-0.15, -0.1) is 0 Å². The van der Waals surface area contributed by atoms with Crippen LogP contribution in [0.5, 0.6) is 5.75 Å². The quantitative estimate of drug-likeness (QED) is 0.739. The molecule has 0 N–H and O–H groups in total. The molecular formula is C12H14F4O. The summed E-state index contributed by atoms with van der Waals surface area (Å²) < 4.78 is 55.5. The molecule has 0 bridgehead atoms. The molecule has 96 valence electrons. The Morgan fingerprint density at radius 3 is 2.24 bits per heavy atom. The molecule has 0 fully saturated rings. The fourth-order valence-electron chi connectivity index (χ4n) is 1.54. The summed E-state index contributed by atoms with van der Waals surface area (Å²) in [5.74, 6) is -1.81. The van der Waals surface area contributed by atoms with Crippen molar-refractivity contribution in [1.82, 2.24) is 0 Å². The zero-order chi connectivity index (χ0) is 13.2. The largest absolute Gasteiger partial charge is 0.487 e. The predicted molar refractivity (Wildman–Crippen MR) is 56.6 cm³/mol. The summed E-state index contributed by atoms with van der Waals surface area (Å²) >= 11 is 0. The van der Waals surface area contributed by atoms with Gasteiger partial charge in [-0.3, -0.25) is 0 Å². The molecule has 0 heterocycles. The van der Waals surface area contributed by atoms with E-state index in [1.807, 2.05) is 0 Å². The molecule has 17 heavy (non-hydrogen) atoms. The summed E-state index contributed by atoms with van der Waals surface area (Å²) in [5, 5.41) is 0. The topological polar surface area (TPSA) is 9.23 Å². The molecule has 1 nitrogen and oxygen atoms in total. The van der Waals surface area contributed by atoms with Crippen LogP contribution in [0.1, 0.15) is 26.3 Å². The van der Waals surface area contributed by atoms with E-state index in [1.165, 1.54) is 0 Å². The van der Waals surface area contributed by atoms with Crippen LogP contribution in [-0.2, 0) is 5.41 Å². The Kier molecular flexibility index (Phi) is 4.01. The fraction of sp³-hybridized carbons (Fsp3) is 0.500. The van der Waals surface area contributed by atoms with E-state index < -0.39 is 30.1 Å². The van der Waals surface area contributed by atoms with Crippen molar-refractivity contribution in [2.24, 2.45) is 0 Å². The maximum Gasteiger partial charge on any atom is 0.272 e. The highest BCUT2D eigenvalue weighted by atomic mass is 19.3. The van der Waals surface area contributed by atoms with Crippen LogP contribution in [0.2, 0.25) is 0 Å². The van der Waals surface area contributed by atoms with Gasteiger partial charge in [0.1, 0.15) is 24.0 Å². The van der Waals surface area contributed by atoms with Gasteiger partial charge in [0.25, 0.3) is 6.43 Å². The fourth-order valence-corrected chi connectivity index (χ4v) is 1.54. The molecule has 1 aromatic rings. The highest BCUT2D eigenvalue weighted by Crippen LogP contribution is 2.34. The van der Waals surface area contributed by atoms with Crippen molar-refractivity contribution in [2.45, 2.75) is 32.6 Å². The summed E-state index contributed by atoms with van der Waals surface area (Å²) in [6.45, 7) is 4.20. The number of rotatable bonds is 3. The van der Waals surface area contributed by atoms with E-state index in [9.17, 15) is 17.6 Å². The zero-order valence-corrected chi connectivity index (χ0v) is 9.86. The lowest BCUT2D eigenvalue weighted by molar-refractivity contribution is 0.0804. The molecule has 0 saturated carbocycles. The van der Waals surface area contributed by atoms with Crippen LogP contribution in [-0.4, -0.2) is 13.0 Å². The average Bonchev–Trinajstić information content (AvgIpc) is 2.10. The van der Waals surface area contributed by atoms with Crippen LogP contribution in [0.15, 0.2) is 12.1 Å². The monoisotopic (exact) mass is 250 g/mol. The predicted octanol–water partition coefficient (Wildman–Crippen LogP) is 3.91. The zero-order valence-electron chi connectivity index (χ0n) is 9.86. The van der Waals surface area contributed by atoms with Gasteiger partial charge in [0, 0.05) is 17.7 Å². The van der Waals surface area contributed by atoms with Gasteiger partial charge in [-0.25, -0.2) is 17.6 Å². The molecule has 0 saturated heterocycles. The number of alkyl halides is 2. The summed E-state index contributed by atoms with van der Waals surface area (Å²) in [6, 6.07) is 1.64. The minimum Gasteiger partial charge on any atom is -0.487 e. The molecule has 0 amide bonds. The van der Waals surface area contributed by atoms with Gasteiger partial charge in [0.2, 0.25) is 0 Å². The highest BCUT2D eigenvalue weighted by molar-refractivity contribution is 5.40. The van der Waals surface area contributed by atoms with Crippen molar-refractivity contribution < 1.29 is 22.3 Å². The van der Waals surface area contributed by atoms with Gasteiger partial charge in [0.15, 0.2) is 0 Å². The first kappa shape index (κ1) is 13.8. The smallest absolute Gasteiger partial charge is 0.272 e. The molecule has 0 aliphatic carbocycles. The van der Waals surface area contributed by atoms with Crippen LogP contribution >= 0.6 is 0 Å². The second-order valence-corrected chi connectivity index (χ2v) is 4.71. The summed E-state index contributed by atoms with van der Waals surface area (Å²) in [4.78, 5) is 0. The maximum atomic E-state index is 13.6. The molecule has 0 aliphatic heterocycles. The normalized spacial score (nSPS) is 12.0. The minimum absolute atomic E-state index is 0.0968. The molecule has 0 radical (unpaired) electrons. The number of benzene rings is 1. The third-order valence-electron chi connectivity index (χ3n) is 2.13. The van der Waals surface area contributed by atoms with Crippen molar-refractivity contribution in [3.8, 4) is 5.75 Å². The van der Waals surface area contributed by atoms with Gasteiger partial charge < -0.3 is 4.74 Å². The van der Waals surface area contributed by atoms with E-state index in [-0.39, 0.29) is 11.3 Å². The van der Waals surface area contributed by atoms with Crippen LogP contribution in [0.4, 0.5) is 17.6 Å². The second-order valence-electron chi connectivity index (χ2n) is 4.71. The van der Waals surface area contributed by atoms with Gasteiger partial charge in [-0.05, 0) is 5.41 Å². The van der Waals surface area contributed by atoms with Crippen LogP contribution in [0.3, 0.4) is 0 Å². The number of halogens is 4. The van der Waals surface area contributed by atoms with Crippen molar-refractivity contribution in [3.05, 3.63) is 29.3 Å². The summed E-state index contributed by atoms with van der Waals surface area (Å²) in [6.07, 6.45) is -2.69. The van der Waals surface area contributed by atoms with Crippen molar-refractivity contribution in [1.29, 1.82) is 0 Å². The van der Waals surface area contributed by atoms with E-state index >= 15 is 0 Å². The number of hydrogen-bond donors (Lipinski definition) is 0. The second kappa shape index (κ2) is 4.94. The molecule has 5 heteroatoms. The Bertz CT molecular complexity index is 396. The average molecular weight is 250 g/mol. The van der Waals surface area contributed by atoms with Gasteiger partial charge in [0.05, 0.1) is 0 Å². The molecule has 0 aromatic heterocycles. The molecule has 0 spiro atoms. The standard InChI is InChI=1S/C12H14F4O/c1-12(2,3)11-8(14)4-7(13)5-9(11)17-6-10(15)16/h4-5,10H,6H2,1-3H3. The first-order valence-corrected chi connectivity index (χ1v) is 5.12. The highest BCUT2D eigenvalue weighted by Gasteiger charge is 2.25. The van der Waals surface area contributed by atoms with Crippen LogP contribution < -0.4 is 4.74 Å². The number of hydrogen-bond acceptors (Lipinski definition) is 1. The summed E-state index contributed by atoms with van der Waals surface area (Å²) in [7, 11) is 0. The minimum atomic E-state index is -2.69. The van der Waals surface area contributed by atoms with Crippen molar-refractivity contribution >= 4 is 0 Å². The van der Waals surface area contributed by atoms with Gasteiger partial charge in [-0.2, -0.15) is 0 Å². The van der Waals surface area contributed by atoms with E-state index in [1.54, 1.807) is 20.8 Å². The molecule has 0 unspecified atom stereocenters. The first-order chi connectivity index (χ1) is 7.71. The summed E-state index contributed by atoms with van der Waals surface area (Å²) in [5.41, 5.74) is -0.561. The van der Waals surface area contributed by atoms with E-state index in [0.29, 0.717) is 0 Å². The third-order valence-corrected chi connectivity index (χ3v) is 2.13. The molecular weight excluding hydrogens is 236 g/mol. The van der Waals surface area contributed by atoms with Crippen molar-refractivity contribution in [3.63, 3.8) is 0 Å². The first-order valence-electron chi connectivity index (χ1n) is 5.12. The SMILES string of the molecule is CC(C)(C)c1c(F)cc(F)cc1OCC(F)F. The number of ether oxygens (including phenoxy) is 1. The van der Waals surface area contributed by atoms with E-state index in [4.69, 9.17) is 4.74 Å². The molecule has 0 aliphatic rings. The third kappa shape index (κ3) is 3.61. The maximum absolute atomic E-state index is 13.6. The Morgan fingerprint density at radius 1 is 1.18 bits per heavy atom. The van der Waals surface area contributed by atoms with Crippen LogP contribution in [0, 0.1) is 11.6 Å². The lowest BCUT2D eigenvalue weighted by atomic mass is 9.86. The Balaban J connectivity index is 3.17. The molecule has 0 atom stereocenters. The molecule has 1 aromatic carbocycles. The Labute approximate surface area is 97.4 Å².